The average Bonchev–Trinajstić information content (AvgIpc) is 2.94. The third kappa shape index (κ3) is 7.53. The average molecular weight is 556 g/mol. The van der Waals surface area contributed by atoms with Crippen molar-refractivity contribution in [3.63, 3.8) is 0 Å². The number of aryl methyl sites for hydroxylation is 1. The fraction of sp³-hybridized carbons (Fsp3) is 0.357. The Labute approximate surface area is 229 Å². The second-order valence-corrected chi connectivity index (χ2v) is 11.5. The number of benzene rings is 2. The van der Waals surface area contributed by atoms with Gasteiger partial charge in [-0.2, -0.15) is 4.31 Å². The molecule has 208 valence electrons. The highest BCUT2D eigenvalue weighted by Gasteiger charge is 2.25. The number of sulfonamides is 1. The summed E-state index contributed by atoms with van der Waals surface area (Å²) >= 11 is 0. The van der Waals surface area contributed by atoms with E-state index in [0.29, 0.717) is 55.5 Å². The minimum Gasteiger partial charge on any atom is -0.481 e. The molecule has 0 saturated carbocycles. The topological polar surface area (TPSA) is 95.1 Å². The molecule has 1 aliphatic heterocycles. The highest BCUT2D eigenvalue weighted by Crippen LogP contribution is 2.27. The van der Waals surface area contributed by atoms with Crippen LogP contribution in [0.5, 0.6) is 5.88 Å². The Balaban J connectivity index is 1.39. The number of hydrogen-bond acceptors (Lipinski definition) is 6. The summed E-state index contributed by atoms with van der Waals surface area (Å²) in [4.78, 5) is 21.3. The number of nitrogens with zero attached hydrogens (tertiary/aromatic N) is 4. The maximum atomic E-state index is 14.5. The van der Waals surface area contributed by atoms with E-state index in [1.54, 1.807) is 47.8 Å². The standard InChI is InChI=1S/C28H34FN5O4S/c1-3-39(36,37)33-16-14-32(15-17-33)13-7-8-22-18-23(29)20-24(19-22)31-28(35)34(25-9-5-4-6-10-25)26-11-12-27(38-2)30-21-26/h4-6,9-12,18-21H,3,7-8,13-17H2,1-2H3,(H,31,35). The Morgan fingerprint density at radius 3 is 2.44 bits per heavy atom. The summed E-state index contributed by atoms with van der Waals surface area (Å²) in [6.07, 6.45) is 2.95. The van der Waals surface area contributed by atoms with Crippen LogP contribution < -0.4 is 15.0 Å². The van der Waals surface area contributed by atoms with Gasteiger partial charge in [-0.25, -0.2) is 22.6 Å². The van der Waals surface area contributed by atoms with Crippen LogP contribution >= 0.6 is 0 Å². The molecule has 0 radical (unpaired) electrons. The zero-order valence-electron chi connectivity index (χ0n) is 22.2. The van der Waals surface area contributed by atoms with Gasteiger partial charge >= 0.3 is 6.03 Å². The molecule has 9 nitrogen and oxygen atoms in total. The van der Waals surface area contributed by atoms with Crippen LogP contribution in [-0.4, -0.2) is 74.2 Å². The number of aromatic nitrogens is 1. The highest BCUT2D eigenvalue weighted by atomic mass is 32.2. The molecule has 0 spiro atoms. The number of amides is 2. The van der Waals surface area contributed by atoms with Crippen molar-refractivity contribution in [3.05, 3.63) is 78.2 Å². The summed E-state index contributed by atoms with van der Waals surface area (Å²) in [5.74, 6) is 0.110. The molecule has 11 heteroatoms. The summed E-state index contributed by atoms with van der Waals surface area (Å²) in [5, 5.41) is 2.83. The smallest absolute Gasteiger partial charge is 0.330 e. The van der Waals surface area contributed by atoms with Gasteiger partial charge in [0.05, 0.1) is 30.4 Å². The summed E-state index contributed by atoms with van der Waals surface area (Å²) in [6, 6.07) is 16.6. The molecule has 0 unspecified atom stereocenters. The van der Waals surface area contributed by atoms with Crippen molar-refractivity contribution in [1.82, 2.24) is 14.2 Å². The first-order valence-electron chi connectivity index (χ1n) is 12.9. The third-order valence-electron chi connectivity index (χ3n) is 6.64. The Kier molecular flexibility index (Phi) is 9.50. The second-order valence-electron chi connectivity index (χ2n) is 9.25. The van der Waals surface area contributed by atoms with E-state index in [0.717, 1.165) is 18.5 Å². The third-order valence-corrected chi connectivity index (χ3v) is 8.53. The number of pyridine rings is 1. The zero-order valence-corrected chi connectivity index (χ0v) is 23.0. The summed E-state index contributed by atoms with van der Waals surface area (Å²) < 4.78 is 45.3. The van der Waals surface area contributed by atoms with Crippen LogP contribution in [0, 0.1) is 5.82 Å². The summed E-state index contributed by atoms with van der Waals surface area (Å²) in [6.45, 7) is 4.79. The Morgan fingerprint density at radius 1 is 1.05 bits per heavy atom. The van der Waals surface area contributed by atoms with E-state index in [1.165, 1.54) is 24.1 Å². The van der Waals surface area contributed by atoms with Crippen LogP contribution in [-0.2, 0) is 16.4 Å². The molecule has 1 saturated heterocycles. The van der Waals surface area contributed by atoms with Crippen molar-refractivity contribution >= 4 is 33.1 Å². The first kappa shape index (κ1) is 28.5. The second kappa shape index (κ2) is 13.0. The SMILES string of the molecule is CCS(=O)(=O)N1CCN(CCCc2cc(F)cc(NC(=O)N(c3ccccc3)c3ccc(OC)nc3)c2)CC1. The number of ether oxygens (including phenoxy) is 1. The number of hydrogen-bond donors (Lipinski definition) is 1. The van der Waals surface area contributed by atoms with Crippen LogP contribution in [0.25, 0.3) is 0 Å². The summed E-state index contributed by atoms with van der Waals surface area (Å²) in [7, 11) is -1.64. The molecule has 2 heterocycles. The lowest BCUT2D eigenvalue weighted by Crippen LogP contribution is -2.49. The van der Waals surface area contributed by atoms with Crippen molar-refractivity contribution < 1.29 is 22.3 Å². The Morgan fingerprint density at radius 2 is 1.79 bits per heavy atom. The van der Waals surface area contributed by atoms with E-state index in [1.807, 2.05) is 18.2 Å². The predicted molar refractivity (Wildman–Crippen MR) is 151 cm³/mol. The number of methoxy groups -OCH3 is 1. The van der Waals surface area contributed by atoms with Gasteiger partial charge in [-0.3, -0.25) is 4.90 Å². The van der Waals surface area contributed by atoms with Gasteiger partial charge in [0.25, 0.3) is 0 Å². The van der Waals surface area contributed by atoms with Crippen molar-refractivity contribution in [3.8, 4) is 5.88 Å². The molecule has 1 fully saturated rings. The first-order valence-corrected chi connectivity index (χ1v) is 14.6. The lowest BCUT2D eigenvalue weighted by molar-refractivity contribution is 0.187. The van der Waals surface area contributed by atoms with E-state index < -0.39 is 21.9 Å². The van der Waals surface area contributed by atoms with Crippen LogP contribution in [0.4, 0.5) is 26.2 Å². The maximum Gasteiger partial charge on any atom is 0.330 e. The number of anilines is 3. The zero-order chi connectivity index (χ0) is 27.8. The minimum absolute atomic E-state index is 0.117. The molecule has 0 atom stereocenters. The van der Waals surface area contributed by atoms with Gasteiger partial charge in [0.1, 0.15) is 5.82 Å². The molecular weight excluding hydrogens is 521 g/mol. The van der Waals surface area contributed by atoms with Crippen molar-refractivity contribution in [2.24, 2.45) is 0 Å². The number of rotatable bonds is 10. The van der Waals surface area contributed by atoms with E-state index in [9.17, 15) is 17.6 Å². The van der Waals surface area contributed by atoms with Crippen molar-refractivity contribution in [2.45, 2.75) is 19.8 Å². The molecule has 4 rings (SSSR count). The number of urea groups is 1. The number of piperazine rings is 1. The molecule has 1 aromatic heterocycles. The van der Waals surface area contributed by atoms with Gasteiger partial charge in [-0.05, 0) is 68.3 Å². The van der Waals surface area contributed by atoms with Gasteiger partial charge in [0, 0.05) is 37.9 Å². The van der Waals surface area contributed by atoms with E-state index in [4.69, 9.17) is 4.74 Å². The number of carbonyl (C=O) groups excluding carboxylic acids is 1. The lowest BCUT2D eigenvalue weighted by atomic mass is 10.1. The number of carbonyl (C=O) groups is 1. The van der Waals surface area contributed by atoms with Gasteiger partial charge in [-0.15, -0.1) is 0 Å². The first-order chi connectivity index (χ1) is 18.8. The number of nitrogens with one attached hydrogen (secondary N) is 1. The Bertz CT molecular complexity index is 1350. The van der Waals surface area contributed by atoms with Crippen LogP contribution in [0.15, 0.2) is 66.9 Å². The van der Waals surface area contributed by atoms with Crippen LogP contribution in [0.3, 0.4) is 0 Å². The van der Waals surface area contributed by atoms with Gasteiger partial charge in [0.15, 0.2) is 0 Å². The molecule has 39 heavy (non-hydrogen) atoms. The molecule has 2 amide bonds. The molecule has 3 aromatic rings. The molecule has 1 aliphatic rings. The number of halogens is 1. The number of para-hydroxylation sites is 1. The lowest BCUT2D eigenvalue weighted by Gasteiger charge is -2.33. The molecule has 0 aliphatic carbocycles. The minimum atomic E-state index is -3.15. The quantitative estimate of drug-likeness (QED) is 0.396. The van der Waals surface area contributed by atoms with Crippen molar-refractivity contribution in [1.29, 1.82) is 0 Å². The van der Waals surface area contributed by atoms with Crippen LogP contribution in [0.1, 0.15) is 18.9 Å². The monoisotopic (exact) mass is 555 g/mol. The predicted octanol–water partition coefficient (Wildman–Crippen LogP) is 4.50. The highest BCUT2D eigenvalue weighted by molar-refractivity contribution is 7.89. The molecule has 2 aromatic carbocycles. The van der Waals surface area contributed by atoms with E-state index in [-0.39, 0.29) is 5.75 Å². The molecular formula is C28H34FN5O4S. The molecule has 0 bridgehead atoms. The fourth-order valence-electron chi connectivity index (χ4n) is 4.55. The largest absolute Gasteiger partial charge is 0.481 e. The normalized spacial score (nSPS) is 14.6. The maximum absolute atomic E-state index is 14.5. The summed E-state index contributed by atoms with van der Waals surface area (Å²) in [5.41, 5.74) is 2.29. The van der Waals surface area contributed by atoms with E-state index in [2.05, 4.69) is 15.2 Å². The van der Waals surface area contributed by atoms with Crippen molar-refractivity contribution in [2.75, 3.05) is 55.8 Å². The molecule has 1 N–H and O–H groups in total. The Hall–Kier alpha value is -3.54. The van der Waals surface area contributed by atoms with E-state index >= 15 is 0 Å². The fourth-order valence-corrected chi connectivity index (χ4v) is 5.64. The van der Waals surface area contributed by atoms with Crippen LogP contribution in [0.2, 0.25) is 0 Å². The van der Waals surface area contributed by atoms with Gasteiger partial charge in [0.2, 0.25) is 15.9 Å². The van der Waals surface area contributed by atoms with Gasteiger partial charge < -0.3 is 15.0 Å². The van der Waals surface area contributed by atoms with Gasteiger partial charge in [-0.1, -0.05) is 18.2 Å².